The number of benzene rings is 1. The second-order valence-electron chi connectivity index (χ2n) is 4.50. The van der Waals surface area contributed by atoms with E-state index in [4.69, 9.17) is 0 Å². The Bertz CT molecular complexity index is 780. The van der Waals surface area contributed by atoms with Crippen molar-refractivity contribution in [1.82, 2.24) is 14.8 Å². The zero-order valence-corrected chi connectivity index (χ0v) is 11.0. The molecular weight excluding hydrogens is 250 g/mol. The van der Waals surface area contributed by atoms with Crippen LogP contribution >= 0.6 is 0 Å². The van der Waals surface area contributed by atoms with Gasteiger partial charge in [0.15, 0.2) is 0 Å². The van der Waals surface area contributed by atoms with Crippen LogP contribution in [0.5, 0.6) is 0 Å². The lowest BCUT2D eigenvalue weighted by atomic mass is 10.1. The molecule has 2 aromatic heterocycles. The van der Waals surface area contributed by atoms with E-state index in [9.17, 15) is 4.79 Å². The van der Waals surface area contributed by atoms with Gasteiger partial charge in [-0.25, -0.2) is 0 Å². The molecule has 2 heterocycles. The van der Waals surface area contributed by atoms with Crippen molar-refractivity contribution < 1.29 is 0 Å². The third kappa shape index (κ3) is 2.23. The predicted molar refractivity (Wildman–Crippen MR) is 77.8 cm³/mol. The molecule has 4 nitrogen and oxygen atoms in total. The quantitative estimate of drug-likeness (QED) is 0.714. The van der Waals surface area contributed by atoms with Gasteiger partial charge in [0.05, 0.1) is 11.4 Å². The normalized spacial score (nSPS) is 10.4. The van der Waals surface area contributed by atoms with Crippen LogP contribution in [0.1, 0.15) is 5.56 Å². The summed E-state index contributed by atoms with van der Waals surface area (Å²) in [5, 5.41) is 4.48. The molecule has 3 aromatic rings. The monoisotopic (exact) mass is 263 g/mol. The van der Waals surface area contributed by atoms with E-state index in [0.717, 1.165) is 22.5 Å². The highest BCUT2D eigenvalue weighted by Crippen LogP contribution is 2.18. The molecule has 0 aliphatic heterocycles. The van der Waals surface area contributed by atoms with Gasteiger partial charge in [-0.15, -0.1) is 0 Å². The summed E-state index contributed by atoms with van der Waals surface area (Å²) in [5.74, 6) is 0. The highest BCUT2D eigenvalue weighted by atomic mass is 16.1. The summed E-state index contributed by atoms with van der Waals surface area (Å²) in [7, 11) is 0. The molecule has 4 heteroatoms. The fraction of sp³-hybridized carbons (Fsp3) is 0.0625. The molecule has 0 aliphatic carbocycles. The molecule has 20 heavy (non-hydrogen) atoms. The number of aromatic nitrogens is 3. The number of pyridine rings is 1. The summed E-state index contributed by atoms with van der Waals surface area (Å²) in [6, 6.07) is 14.8. The van der Waals surface area contributed by atoms with Crippen molar-refractivity contribution in [2.45, 2.75) is 6.92 Å². The Morgan fingerprint density at radius 3 is 2.55 bits per heavy atom. The van der Waals surface area contributed by atoms with Gasteiger partial charge in [-0.2, -0.15) is 9.78 Å². The number of hydrogen-bond donors (Lipinski definition) is 0. The molecule has 0 N–H and O–H groups in total. The first kappa shape index (κ1) is 12.3. The predicted octanol–water partition coefficient (Wildman–Crippen LogP) is 2.60. The maximum atomic E-state index is 12.1. The van der Waals surface area contributed by atoms with Crippen LogP contribution in [-0.4, -0.2) is 14.8 Å². The second-order valence-corrected chi connectivity index (χ2v) is 4.50. The van der Waals surface area contributed by atoms with Crippen molar-refractivity contribution in [1.29, 1.82) is 0 Å². The van der Waals surface area contributed by atoms with Crippen molar-refractivity contribution in [3.63, 3.8) is 0 Å². The Morgan fingerprint density at radius 2 is 1.85 bits per heavy atom. The third-order valence-corrected chi connectivity index (χ3v) is 3.06. The van der Waals surface area contributed by atoms with Crippen LogP contribution in [0.25, 0.3) is 16.9 Å². The standard InChI is InChI=1S/C16H13N3O/c1-12-10-15(20)19(14-7-3-2-4-8-14)18-16(12)13-6-5-9-17-11-13/h2-11H,1H3. The van der Waals surface area contributed by atoms with Crippen molar-refractivity contribution in [3.8, 4) is 16.9 Å². The molecule has 0 amide bonds. The number of hydrogen-bond acceptors (Lipinski definition) is 3. The Balaban J connectivity index is 2.21. The largest absolute Gasteiger partial charge is 0.271 e. The molecule has 0 bridgehead atoms. The third-order valence-electron chi connectivity index (χ3n) is 3.06. The minimum atomic E-state index is -0.138. The van der Waals surface area contributed by atoms with Gasteiger partial charge in [0.25, 0.3) is 5.56 Å². The summed E-state index contributed by atoms with van der Waals surface area (Å²) in [5.41, 5.74) is 3.12. The van der Waals surface area contributed by atoms with Gasteiger partial charge in [-0.05, 0) is 36.8 Å². The minimum absolute atomic E-state index is 0.138. The highest BCUT2D eigenvalue weighted by molar-refractivity contribution is 5.61. The summed E-state index contributed by atoms with van der Waals surface area (Å²) < 4.78 is 1.41. The number of rotatable bonds is 2. The van der Waals surface area contributed by atoms with E-state index in [1.165, 1.54) is 4.68 Å². The second kappa shape index (κ2) is 5.09. The average Bonchev–Trinajstić information content (AvgIpc) is 2.49. The summed E-state index contributed by atoms with van der Waals surface area (Å²) in [6.07, 6.45) is 3.46. The van der Waals surface area contributed by atoms with E-state index in [2.05, 4.69) is 10.1 Å². The summed E-state index contributed by atoms with van der Waals surface area (Å²) >= 11 is 0. The van der Waals surface area contributed by atoms with Gasteiger partial charge in [0, 0.05) is 24.0 Å². The van der Waals surface area contributed by atoms with Crippen molar-refractivity contribution in [2.75, 3.05) is 0 Å². The van der Waals surface area contributed by atoms with Gasteiger partial charge >= 0.3 is 0 Å². The fourth-order valence-corrected chi connectivity index (χ4v) is 2.09. The summed E-state index contributed by atoms with van der Waals surface area (Å²) in [4.78, 5) is 16.2. The highest BCUT2D eigenvalue weighted by Gasteiger charge is 2.09. The van der Waals surface area contributed by atoms with E-state index in [-0.39, 0.29) is 5.56 Å². The van der Waals surface area contributed by atoms with Crippen LogP contribution in [0.3, 0.4) is 0 Å². The first-order valence-corrected chi connectivity index (χ1v) is 6.32. The maximum absolute atomic E-state index is 12.1. The molecule has 0 unspecified atom stereocenters. The van der Waals surface area contributed by atoms with E-state index < -0.39 is 0 Å². The van der Waals surface area contributed by atoms with E-state index in [1.807, 2.05) is 49.4 Å². The van der Waals surface area contributed by atoms with Crippen LogP contribution < -0.4 is 5.56 Å². The van der Waals surface area contributed by atoms with Gasteiger partial charge < -0.3 is 0 Å². The minimum Gasteiger partial charge on any atom is -0.267 e. The number of aryl methyl sites for hydroxylation is 1. The number of para-hydroxylation sites is 1. The molecule has 0 spiro atoms. The average molecular weight is 263 g/mol. The lowest BCUT2D eigenvalue weighted by molar-refractivity contribution is 0.806. The van der Waals surface area contributed by atoms with Crippen LogP contribution in [0.2, 0.25) is 0 Å². The lowest BCUT2D eigenvalue weighted by Gasteiger charge is -2.09. The Labute approximate surface area is 116 Å². The first-order chi connectivity index (χ1) is 9.75. The smallest absolute Gasteiger partial charge is 0.267 e. The van der Waals surface area contributed by atoms with Gasteiger partial charge in [-0.1, -0.05) is 18.2 Å². The molecule has 0 aliphatic rings. The molecule has 1 aromatic carbocycles. The molecule has 0 saturated carbocycles. The maximum Gasteiger partial charge on any atom is 0.271 e. The Hall–Kier alpha value is -2.75. The van der Waals surface area contributed by atoms with Crippen LogP contribution in [0, 0.1) is 6.92 Å². The Morgan fingerprint density at radius 1 is 1.05 bits per heavy atom. The molecule has 98 valence electrons. The molecule has 0 saturated heterocycles. The lowest BCUT2D eigenvalue weighted by Crippen LogP contribution is -2.21. The molecule has 0 atom stereocenters. The van der Waals surface area contributed by atoms with E-state index in [0.29, 0.717) is 0 Å². The molecule has 3 rings (SSSR count). The van der Waals surface area contributed by atoms with E-state index >= 15 is 0 Å². The molecular formula is C16H13N3O. The first-order valence-electron chi connectivity index (χ1n) is 6.32. The van der Waals surface area contributed by atoms with Gasteiger partial charge in [0.2, 0.25) is 0 Å². The van der Waals surface area contributed by atoms with E-state index in [1.54, 1.807) is 18.5 Å². The van der Waals surface area contributed by atoms with Crippen LogP contribution in [-0.2, 0) is 0 Å². The zero-order valence-electron chi connectivity index (χ0n) is 11.0. The topological polar surface area (TPSA) is 47.8 Å². The molecule has 0 radical (unpaired) electrons. The van der Waals surface area contributed by atoms with Gasteiger partial charge in [-0.3, -0.25) is 9.78 Å². The van der Waals surface area contributed by atoms with Crippen LogP contribution in [0.15, 0.2) is 65.7 Å². The van der Waals surface area contributed by atoms with Crippen molar-refractivity contribution in [2.24, 2.45) is 0 Å². The SMILES string of the molecule is Cc1cc(=O)n(-c2ccccc2)nc1-c1cccnc1. The summed E-state index contributed by atoms with van der Waals surface area (Å²) in [6.45, 7) is 1.88. The van der Waals surface area contributed by atoms with Gasteiger partial charge in [0.1, 0.15) is 0 Å². The number of nitrogens with zero attached hydrogens (tertiary/aromatic N) is 3. The fourth-order valence-electron chi connectivity index (χ4n) is 2.09. The Kier molecular flexibility index (Phi) is 3.13. The zero-order chi connectivity index (χ0) is 13.9. The van der Waals surface area contributed by atoms with Crippen molar-refractivity contribution >= 4 is 0 Å². The van der Waals surface area contributed by atoms with Crippen LogP contribution in [0.4, 0.5) is 0 Å². The van der Waals surface area contributed by atoms with Crippen molar-refractivity contribution in [3.05, 3.63) is 76.8 Å². The molecule has 0 fully saturated rings.